The smallest absolute Gasteiger partial charge is 0.123 e. The first-order chi connectivity index (χ1) is 10.4. The highest BCUT2D eigenvalue weighted by Gasteiger charge is 2.13. The monoisotopic (exact) mass is 313 g/mol. The molecular formula is C18H19NS2. The van der Waals surface area contributed by atoms with E-state index in [4.69, 9.17) is 4.98 Å². The van der Waals surface area contributed by atoms with E-state index < -0.39 is 0 Å². The Labute approximate surface area is 134 Å². The van der Waals surface area contributed by atoms with Crippen LogP contribution in [0, 0.1) is 0 Å². The maximum absolute atomic E-state index is 4.93. The number of benzene rings is 1. The molecule has 3 heteroatoms. The van der Waals surface area contributed by atoms with Crippen molar-refractivity contribution in [2.24, 2.45) is 0 Å². The van der Waals surface area contributed by atoms with E-state index in [2.05, 4.69) is 54.8 Å². The Kier molecular flexibility index (Phi) is 4.84. The molecule has 0 amide bonds. The fraction of sp³-hybridized carbons (Fsp3) is 0.278. The zero-order valence-electron chi connectivity index (χ0n) is 12.2. The summed E-state index contributed by atoms with van der Waals surface area (Å²) in [5, 5.41) is 3.30. The molecular weight excluding hydrogens is 294 g/mol. The second kappa shape index (κ2) is 7.01. The number of aromatic nitrogens is 1. The number of unbranched alkanes of at least 4 members (excludes halogenated alkanes) is 1. The fourth-order valence-corrected chi connectivity index (χ4v) is 4.17. The van der Waals surface area contributed by atoms with Gasteiger partial charge in [0.25, 0.3) is 0 Å². The van der Waals surface area contributed by atoms with E-state index in [0.717, 1.165) is 17.8 Å². The lowest BCUT2D eigenvalue weighted by molar-refractivity contribution is 0.796. The van der Waals surface area contributed by atoms with Crippen LogP contribution in [0.15, 0.2) is 47.8 Å². The number of hydrogen-bond acceptors (Lipinski definition) is 3. The lowest BCUT2D eigenvalue weighted by Gasteiger charge is -1.99. The number of aryl methyl sites for hydroxylation is 1. The van der Waals surface area contributed by atoms with E-state index in [1.807, 2.05) is 22.7 Å². The van der Waals surface area contributed by atoms with Gasteiger partial charge >= 0.3 is 0 Å². The van der Waals surface area contributed by atoms with Crippen LogP contribution in [-0.4, -0.2) is 4.98 Å². The summed E-state index contributed by atoms with van der Waals surface area (Å²) in [5.41, 5.74) is 2.51. The van der Waals surface area contributed by atoms with E-state index >= 15 is 0 Å². The summed E-state index contributed by atoms with van der Waals surface area (Å²) in [6.07, 6.45) is 4.60. The second-order valence-electron chi connectivity index (χ2n) is 5.11. The average molecular weight is 313 g/mol. The van der Waals surface area contributed by atoms with Crippen LogP contribution in [0.5, 0.6) is 0 Å². The predicted molar refractivity (Wildman–Crippen MR) is 93.3 cm³/mol. The third kappa shape index (κ3) is 3.60. The molecule has 2 heterocycles. The first-order valence-electron chi connectivity index (χ1n) is 7.43. The normalized spacial score (nSPS) is 10.9. The van der Waals surface area contributed by atoms with Crippen LogP contribution >= 0.6 is 22.7 Å². The number of rotatable bonds is 6. The van der Waals surface area contributed by atoms with Crippen molar-refractivity contribution in [3.05, 3.63) is 63.3 Å². The van der Waals surface area contributed by atoms with E-state index in [0.29, 0.717) is 0 Å². The molecule has 0 saturated heterocycles. The summed E-state index contributed by atoms with van der Waals surface area (Å²) in [5.74, 6) is 0. The van der Waals surface area contributed by atoms with Crippen LogP contribution < -0.4 is 0 Å². The zero-order chi connectivity index (χ0) is 14.5. The van der Waals surface area contributed by atoms with Crippen molar-refractivity contribution in [3.8, 4) is 10.6 Å². The minimum atomic E-state index is 0.972. The number of nitrogens with zero attached hydrogens (tertiary/aromatic N) is 1. The van der Waals surface area contributed by atoms with Crippen molar-refractivity contribution in [2.45, 2.75) is 32.6 Å². The summed E-state index contributed by atoms with van der Waals surface area (Å²) < 4.78 is 0. The molecule has 3 rings (SSSR count). The van der Waals surface area contributed by atoms with Gasteiger partial charge in [0, 0.05) is 21.7 Å². The molecule has 0 aliphatic rings. The molecule has 21 heavy (non-hydrogen) atoms. The number of thiazole rings is 1. The van der Waals surface area contributed by atoms with Gasteiger partial charge in [0.15, 0.2) is 0 Å². The Balaban J connectivity index is 1.91. The Morgan fingerprint density at radius 2 is 1.90 bits per heavy atom. The van der Waals surface area contributed by atoms with E-state index in [9.17, 15) is 0 Å². The van der Waals surface area contributed by atoms with Crippen LogP contribution in [0.1, 0.15) is 35.2 Å². The molecule has 0 bridgehead atoms. The molecule has 0 atom stereocenters. The SMILES string of the molecule is CCCCc1sc(-c2ccccc2)nc1Cc1cccs1. The summed E-state index contributed by atoms with van der Waals surface area (Å²) in [6, 6.07) is 14.9. The Morgan fingerprint density at radius 3 is 2.62 bits per heavy atom. The zero-order valence-corrected chi connectivity index (χ0v) is 13.8. The molecule has 1 nitrogen and oxygen atoms in total. The molecule has 0 saturated carbocycles. The van der Waals surface area contributed by atoms with Crippen molar-refractivity contribution in [1.29, 1.82) is 0 Å². The molecule has 0 aliphatic heterocycles. The van der Waals surface area contributed by atoms with Gasteiger partial charge < -0.3 is 0 Å². The van der Waals surface area contributed by atoms with Gasteiger partial charge in [-0.15, -0.1) is 22.7 Å². The van der Waals surface area contributed by atoms with Gasteiger partial charge in [-0.25, -0.2) is 4.98 Å². The highest BCUT2D eigenvalue weighted by atomic mass is 32.1. The van der Waals surface area contributed by atoms with Crippen LogP contribution in [0.3, 0.4) is 0 Å². The molecule has 1 aromatic carbocycles. The Bertz CT molecular complexity index is 669. The minimum Gasteiger partial charge on any atom is -0.240 e. The van der Waals surface area contributed by atoms with Gasteiger partial charge in [0.05, 0.1) is 5.69 Å². The molecule has 0 aliphatic carbocycles. The topological polar surface area (TPSA) is 12.9 Å². The lowest BCUT2D eigenvalue weighted by Crippen LogP contribution is -1.92. The summed E-state index contributed by atoms with van der Waals surface area (Å²) >= 11 is 3.69. The highest BCUT2D eigenvalue weighted by Crippen LogP contribution is 2.31. The molecule has 0 N–H and O–H groups in total. The summed E-state index contributed by atoms with van der Waals surface area (Å²) in [4.78, 5) is 7.80. The molecule has 0 radical (unpaired) electrons. The van der Waals surface area contributed by atoms with Gasteiger partial charge in [-0.2, -0.15) is 0 Å². The molecule has 0 fully saturated rings. The maximum atomic E-state index is 4.93. The quantitative estimate of drug-likeness (QED) is 0.560. The lowest BCUT2D eigenvalue weighted by atomic mass is 10.1. The Morgan fingerprint density at radius 1 is 1.05 bits per heavy atom. The third-order valence-electron chi connectivity index (χ3n) is 3.48. The molecule has 3 aromatic rings. The number of hydrogen-bond donors (Lipinski definition) is 0. The molecule has 0 unspecified atom stereocenters. The van der Waals surface area contributed by atoms with E-state index in [-0.39, 0.29) is 0 Å². The second-order valence-corrected chi connectivity index (χ2v) is 7.23. The van der Waals surface area contributed by atoms with Crippen molar-refractivity contribution >= 4 is 22.7 Å². The third-order valence-corrected chi connectivity index (χ3v) is 5.56. The van der Waals surface area contributed by atoms with Gasteiger partial charge in [-0.3, -0.25) is 0 Å². The molecule has 0 spiro atoms. The minimum absolute atomic E-state index is 0.972. The first-order valence-corrected chi connectivity index (χ1v) is 9.13. The first kappa shape index (κ1) is 14.5. The van der Waals surface area contributed by atoms with Crippen LogP contribution in [0.2, 0.25) is 0 Å². The van der Waals surface area contributed by atoms with Gasteiger partial charge in [-0.05, 0) is 24.3 Å². The Hall–Kier alpha value is -1.45. The largest absolute Gasteiger partial charge is 0.240 e. The fourth-order valence-electron chi connectivity index (χ4n) is 2.34. The predicted octanol–water partition coefficient (Wildman–Crippen LogP) is 5.81. The van der Waals surface area contributed by atoms with Gasteiger partial charge in [0.1, 0.15) is 5.01 Å². The molecule has 2 aromatic heterocycles. The summed E-state index contributed by atoms with van der Waals surface area (Å²) in [6.45, 7) is 2.25. The standard InChI is InChI=1S/C18H19NS2/c1-2-3-11-17-16(13-15-10-7-12-20-15)19-18(21-17)14-8-5-4-6-9-14/h4-10,12H,2-3,11,13H2,1H3. The molecule has 108 valence electrons. The summed E-state index contributed by atoms with van der Waals surface area (Å²) in [7, 11) is 0. The van der Waals surface area contributed by atoms with Crippen molar-refractivity contribution in [3.63, 3.8) is 0 Å². The maximum Gasteiger partial charge on any atom is 0.123 e. The number of thiophene rings is 1. The van der Waals surface area contributed by atoms with Gasteiger partial charge in [0.2, 0.25) is 0 Å². The van der Waals surface area contributed by atoms with Gasteiger partial charge in [-0.1, -0.05) is 49.7 Å². The van der Waals surface area contributed by atoms with Crippen LogP contribution in [0.4, 0.5) is 0 Å². The van der Waals surface area contributed by atoms with E-state index in [1.165, 1.54) is 33.9 Å². The van der Waals surface area contributed by atoms with Crippen LogP contribution in [-0.2, 0) is 12.8 Å². The van der Waals surface area contributed by atoms with Crippen molar-refractivity contribution in [1.82, 2.24) is 4.98 Å². The van der Waals surface area contributed by atoms with Crippen molar-refractivity contribution in [2.75, 3.05) is 0 Å². The van der Waals surface area contributed by atoms with Crippen LogP contribution in [0.25, 0.3) is 10.6 Å². The average Bonchev–Trinajstić information content (AvgIpc) is 3.17. The van der Waals surface area contributed by atoms with Crippen molar-refractivity contribution < 1.29 is 0 Å². The van der Waals surface area contributed by atoms with E-state index in [1.54, 1.807) is 0 Å². The highest BCUT2D eigenvalue weighted by molar-refractivity contribution is 7.15.